The number of benzene rings is 3. The van der Waals surface area contributed by atoms with E-state index >= 15 is 0 Å². The summed E-state index contributed by atoms with van der Waals surface area (Å²) >= 11 is 0. The number of rotatable bonds is 9. The summed E-state index contributed by atoms with van der Waals surface area (Å²) in [6.45, 7) is 0. The van der Waals surface area contributed by atoms with Crippen LogP contribution < -0.4 is 21.3 Å². The number of carbonyl (C=O) groups is 3. The molecule has 0 saturated heterocycles. The van der Waals surface area contributed by atoms with E-state index in [1.165, 1.54) is 24.3 Å². The summed E-state index contributed by atoms with van der Waals surface area (Å²) in [6, 6.07) is 19.0. The van der Waals surface area contributed by atoms with Crippen LogP contribution in [0.5, 0.6) is 0 Å². The topological polar surface area (TPSA) is 181 Å². The summed E-state index contributed by atoms with van der Waals surface area (Å²) in [6.07, 6.45) is 0. The van der Waals surface area contributed by atoms with Crippen LogP contribution in [0.15, 0.2) is 72.8 Å². The fraction of sp³-hybridized carbons (Fsp3) is 0.0400. The number of carbonyl (C=O) groups excluding carboxylic acids is 2. The Kier molecular flexibility index (Phi) is 7.19. The van der Waals surface area contributed by atoms with Crippen molar-refractivity contribution in [1.29, 1.82) is 0 Å². The van der Waals surface area contributed by atoms with E-state index in [-0.39, 0.29) is 34.9 Å². The maximum Gasteiger partial charge on any atom is 0.549 e. The molecule has 0 aliphatic heterocycles. The molecule has 12 nitrogen and oxygen atoms in total. The monoisotopic (exact) mass is 500 g/mol. The predicted octanol–water partition coefficient (Wildman–Crippen LogP) is 3.03. The molecular formula is C25H22N7O5+. The van der Waals surface area contributed by atoms with Crippen molar-refractivity contribution < 1.29 is 24.6 Å². The van der Waals surface area contributed by atoms with Gasteiger partial charge in [-0.1, -0.05) is 0 Å². The van der Waals surface area contributed by atoms with Crippen LogP contribution in [0.1, 0.15) is 31.1 Å². The summed E-state index contributed by atoms with van der Waals surface area (Å²) in [7, 11) is 1.55. The number of hydrogen-bond acceptors (Lipinski definition) is 9. The SMILES string of the molecule is CNC(=O)c1ccc(Nc2nc(Nc3ccc(C(=O)O)cc3)nc(Nc3ccc(C(=O)[OH2+])cc3)n2)cc1. The highest BCUT2D eigenvalue weighted by atomic mass is 16.4. The van der Waals surface area contributed by atoms with E-state index in [0.717, 1.165) is 0 Å². The molecule has 0 radical (unpaired) electrons. The smallest absolute Gasteiger partial charge is 0.549 e. The first-order valence-corrected chi connectivity index (χ1v) is 10.9. The molecule has 0 saturated carbocycles. The maximum absolute atomic E-state index is 11.8. The van der Waals surface area contributed by atoms with Crippen LogP contribution in [0.3, 0.4) is 0 Å². The van der Waals surface area contributed by atoms with Gasteiger partial charge in [-0.3, -0.25) is 4.79 Å². The molecule has 186 valence electrons. The minimum atomic E-state index is -1.04. The summed E-state index contributed by atoms with van der Waals surface area (Å²) in [5, 5.41) is 28.0. The first-order chi connectivity index (χ1) is 17.8. The van der Waals surface area contributed by atoms with Crippen molar-refractivity contribution in [2.24, 2.45) is 0 Å². The number of aromatic nitrogens is 3. The second-order valence-corrected chi connectivity index (χ2v) is 7.63. The zero-order chi connectivity index (χ0) is 26.4. The van der Waals surface area contributed by atoms with Crippen LogP contribution in [0.2, 0.25) is 0 Å². The average molecular weight is 500 g/mol. The summed E-state index contributed by atoms with van der Waals surface area (Å²) < 4.78 is 0. The molecule has 0 aliphatic carbocycles. The molecule has 3 aromatic carbocycles. The van der Waals surface area contributed by atoms with Crippen molar-refractivity contribution in [2.75, 3.05) is 23.0 Å². The second kappa shape index (κ2) is 10.8. The molecule has 1 heterocycles. The van der Waals surface area contributed by atoms with E-state index in [1.807, 2.05) is 0 Å². The van der Waals surface area contributed by atoms with Crippen molar-refractivity contribution in [2.45, 2.75) is 0 Å². The van der Waals surface area contributed by atoms with Crippen molar-refractivity contribution in [1.82, 2.24) is 20.3 Å². The van der Waals surface area contributed by atoms with Gasteiger partial charge in [-0.15, -0.1) is 0 Å². The van der Waals surface area contributed by atoms with Gasteiger partial charge in [-0.05, 0) is 72.8 Å². The van der Waals surface area contributed by atoms with Gasteiger partial charge in [0.2, 0.25) is 17.8 Å². The Balaban J connectivity index is 1.62. The highest BCUT2D eigenvalue weighted by molar-refractivity contribution is 5.94. The van der Waals surface area contributed by atoms with E-state index in [1.54, 1.807) is 55.6 Å². The number of nitrogens with one attached hydrogen (secondary N) is 4. The normalized spacial score (nSPS) is 10.3. The largest absolute Gasteiger partial charge is 0.561 e. The van der Waals surface area contributed by atoms with Gasteiger partial charge in [0, 0.05) is 34.5 Å². The molecule has 1 amide bonds. The first-order valence-electron chi connectivity index (χ1n) is 10.9. The van der Waals surface area contributed by atoms with E-state index in [4.69, 9.17) is 10.2 Å². The fourth-order valence-corrected chi connectivity index (χ4v) is 3.18. The lowest BCUT2D eigenvalue weighted by Gasteiger charge is -2.12. The standard InChI is InChI=1S/C25H21N7O5/c1-26-20(33)14-2-8-17(9-3-14)27-23-30-24(28-18-10-4-15(5-11-18)21(34)35)32-25(31-23)29-19-12-6-16(7-13-19)22(36)37/h2-13H,1H3,(H,26,33)(H,34,35)(H,36,37)(H3,27,28,29,30,31,32)/p+1. The Morgan fingerprint density at radius 1 is 0.622 bits per heavy atom. The summed E-state index contributed by atoms with van der Waals surface area (Å²) in [4.78, 5) is 47.3. The second-order valence-electron chi connectivity index (χ2n) is 7.63. The highest BCUT2D eigenvalue weighted by Gasteiger charge is 2.12. The minimum Gasteiger partial charge on any atom is -0.561 e. The zero-order valence-electron chi connectivity index (χ0n) is 19.4. The van der Waals surface area contributed by atoms with Crippen LogP contribution in [0, 0.1) is 0 Å². The first kappa shape index (κ1) is 24.6. The van der Waals surface area contributed by atoms with Crippen LogP contribution in [-0.2, 0) is 0 Å². The van der Waals surface area contributed by atoms with Gasteiger partial charge >= 0.3 is 11.9 Å². The van der Waals surface area contributed by atoms with Gasteiger partial charge in [0.15, 0.2) is 0 Å². The van der Waals surface area contributed by atoms with E-state index in [0.29, 0.717) is 22.6 Å². The van der Waals surface area contributed by atoms with Gasteiger partial charge < -0.3 is 31.5 Å². The third kappa shape index (κ3) is 6.33. The van der Waals surface area contributed by atoms with Crippen molar-refractivity contribution in [3.8, 4) is 0 Å². The molecule has 4 rings (SSSR count). The van der Waals surface area contributed by atoms with Gasteiger partial charge in [0.25, 0.3) is 5.91 Å². The van der Waals surface area contributed by atoms with E-state index in [9.17, 15) is 14.4 Å². The molecule has 7 N–H and O–H groups in total. The Morgan fingerprint density at radius 2 is 0.973 bits per heavy atom. The van der Waals surface area contributed by atoms with Crippen molar-refractivity contribution in [3.05, 3.63) is 89.5 Å². The van der Waals surface area contributed by atoms with Crippen molar-refractivity contribution in [3.63, 3.8) is 0 Å². The molecular weight excluding hydrogens is 478 g/mol. The number of anilines is 6. The van der Waals surface area contributed by atoms with Crippen molar-refractivity contribution >= 4 is 52.8 Å². The van der Waals surface area contributed by atoms with Gasteiger partial charge in [0.1, 0.15) is 5.56 Å². The summed E-state index contributed by atoms with van der Waals surface area (Å²) in [5.41, 5.74) is 2.64. The van der Waals surface area contributed by atoms with Gasteiger partial charge in [-0.2, -0.15) is 15.0 Å². The van der Waals surface area contributed by atoms with Crippen LogP contribution >= 0.6 is 0 Å². The van der Waals surface area contributed by atoms with Gasteiger partial charge in [0.05, 0.1) is 5.56 Å². The number of aromatic carboxylic acids is 1. The number of carboxylic acid groups (broad SMARTS) is 1. The Hall–Kier alpha value is -5.52. The molecule has 0 spiro atoms. The molecule has 0 fully saturated rings. The zero-order valence-corrected chi connectivity index (χ0v) is 19.4. The molecule has 12 heteroatoms. The van der Waals surface area contributed by atoms with Crippen LogP contribution in [0.4, 0.5) is 34.9 Å². The van der Waals surface area contributed by atoms with Crippen LogP contribution in [-0.4, -0.2) is 50.1 Å². The van der Waals surface area contributed by atoms with Gasteiger partial charge in [-0.25, -0.2) is 4.79 Å². The minimum absolute atomic E-state index is 0.140. The van der Waals surface area contributed by atoms with Crippen LogP contribution in [0.25, 0.3) is 0 Å². The number of amides is 1. The molecule has 37 heavy (non-hydrogen) atoms. The number of carboxylic acids is 1. The lowest BCUT2D eigenvalue weighted by Crippen LogP contribution is -2.17. The maximum atomic E-state index is 11.8. The third-order valence-corrected chi connectivity index (χ3v) is 5.06. The van der Waals surface area contributed by atoms with E-state index < -0.39 is 11.9 Å². The molecule has 0 bridgehead atoms. The highest BCUT2D eigenvalue weighted by Crippen LogP contribution is 2.22. The Bertz CT molecular complexity index is 1360. The Labute approximate surface area is 210 Å². The predicted molar refractivity (Wildman–Crippen MR) is 137 cm³/mol. The number of hydrogen-bond donors (Lipinski definition) is 5. The Morgan fingerprint density at radius 3 is 1.30 bits per heavy atom. The van der Waals surface area contributed by atoms with E-state index in [2.05, 4.69) is 36.2 Å². The lowest BCUT2D eigenvalue weighted by atomic mass is 10.2. The molecule has 0 unspecified atom stereocenters. The lowest BCUT2D eigenvalue weighted by molar-refractivity contribution is 0.0686. The molecule has 1 aromatic heterocycles. The average Bonchev–Trinajstić information content (AvgIpc) is 2.89. The number of nitrogens with zero attached hydrogens (tertiary/aromatic N) is 3. The third-order valence-electron chi connectivity index (χ3n) is 5.06. The molecule has 0 atom stereocenters. The molecule has 0 aliphatic rings. The molecule has 4 aromatic rings. The summed E-state index contributed by atoms with van der Waals surface area (Å²) in [5.74, 6) is -1.51. The fourth-order valence-electron chi connectivity index (χ4n) is 3.18. The quantitative estimate of drug-likeness (QED) is 0.214.